The summed E-state index contributed by atoms with van der Waals surface area (Å²) in [5.74, 6) is 3.34. The van der Waals surface area contributed by atoms with E-state index in [0.29, 0.717) is 23.6 Å². The number of para-hydroxylation sites is 1. The molecule has 1 aromatic rings. The number of thioether (sulfide) groups is 1. The highest BCUT2D eigenvalue weighted by Crippen LogP contribution is 2.34. The van der Waals surface area contributed by atoms with E-state index in [9.17, 15) is 4.79 Å². The first-order valence-electron chi connectivity index (χ1n) is 6.35. The molecule has 0 aliphatic carbocycles. The minimum absolute atomic E-state index is 0.00518. The Morgan fingerprint density at radius 2 is 2.37 bits per heavy atom. The number of carbonyl (C=O) groups is 1. The summed E-state index contributed by atoms with van der Waals surface area (Å²) in [6, 6.07) is 5.47. The summed E-state index contributed by atoms with van der Waals surface area (Å²) in [5.41, 5.74) is 0.569. The minimum Gasteiger partial charge on any atom is -0.492 e. The van der Waals surface area contributed by atoms with Crippen molar-refractivity contribution in [1.82, 2.24) is 5.32 Å². The predicted octanol–water partition coefficient (Wildman–Crippen LogP) is 1.98. The summed E-state index contributed by atoms with van der Waals surface area (Å²) in [5, 5.41) is 2.86. The van der Waals surface area contributed by atoms with Gasteiger partial charge in [-0.15, -0.1) is 0 Å². The maximum atomic E-state index is 12.0. The van der Waals surface area contributed by atoms with Crippen molar-refractivity contribution >= 4 is 17.5 Å². The fourth-order valence-corrected chi connectivity index (χ4v) is 3.17. The SMILES string of the molecule is CNCC(=O)c1cccc(OC2CCSC2)c1OC. The van der Waals surface area contributed by atoms with Gasteiger partial charge in [-0.1, -0.05) is 6.07 Å². The normalized spacial score (nSPS) is 18.3. The number of nitrogens with one attached hydrogen (secondary N) is 1. The molecule has 104 valence electrons. The number of likely N-dealkylation sites (N-methyl/N-ethyl adjacent to an activating group) is 1. The van der Waals surface area contributed by atoms with Crippen LogP contribution in [-0.4, -0.2) is 44.1 Å². The molecule has 0 bridgehead atoms. The quantitative estimate of drug-likeness (QED) is 0.808. The molecular formula is C14H19NO3S. The van der Waals surface area contributed by atoms with E-state index in [0.717, 1.165) is 17.9 Å². The van der Waals surface area contributed by atoms with Gasteiger partial charge < -0.3 is 14.8 Å². The Kier molecular flexibility index (Phi) is 5.10. The molecule has 1 saturated heterocycles. The van der Waals surface area contributed by atoms with Crippen LogP contribution in [0, 0.1) is 0 Å². The molecule has 1 heterocycles. The van der Waals surface area contributed by atoms with E-state index in [1.165, 1.54) is 0 Å². The number of methoxy groups -OCH3 is 1. The largest absolute Gasteiger partial charge is 0.492 e. The fourth-order valence-electron chi connectivity index (χ4n) is 2.08. The maximum Gasteiger partial charge on any atom is 0.180 e. The Hall–Kier alpha value is -1.20. The molecule has 1 unspecified atom stereocenters. The van der Waals surface area contributed by atoms with Crippen molar-refractivity contribution in [2.75, 3.05) is 32.2 Å². The van der Waals surface area contributed by atoms with Crippen LogP contribution in [0.2, 0.25) is 0 Å². The monoisotopic (exact) mass is 281 g/mol. The smallest absolute Gasteiger partial charge is 0.180 e. The minimum atomic E-state index is 0.00518. The van der Waals surface area contributed by atoms with Gasteiger partial charge in [-0.25, -0.2) is 0 Å². The predicted molar refractivity (Wildman–Crippen MR) is 77.6 cm³/mol. The van der Waals surface area contributed by atoms with E-state index in [-0.39, 0.29) is 11.9 Å². The Labute approximate surface area is 117 Å². The molecule has 19 heavy (non-hydrogen) atoms. The van der Waals surface area contributed by atoms with Crippen molar-refractivity contribution in [3.05, 3.63) is 23.8 Å². The molecule has 1 aliphatic heterocycles. The molecule has 1 fully saturated rings. The first-order valence-corrected chi connectivity index (χ1v) is 7.51. The van der Waals surface area contributed by atoms with Gasteiger partial charge in [0, 0.05) is 5.75 Å². The van der Waals surface area contributed by atoms with Gasteiger partial charge in [-0.05, 0) is 31.4 Å². The first-order chi connectivity index (χ1) is 9.26. The van der Waals surface area contributed by atoms with Crippen molar-refractivity contribution in [3.63, 3.8) is 0 Å². The van der Waals surface area contributed by atoms with Crippen molar-refractivity contribution in [2.24, 2.45) is 0 Å². The summed E-state index contributed by atoms with van der Waals surface area (Å²) in [6.07, 6.45) is 1.26. The standard InChI is InChI=1S/C14H19NO3S/c1-15-8-12(16)11-4-3-5-13(14(11)17-2)18-10-6-7-19-9-10/h3-5,10,15H,6-9H2,1-2H3. The van der Waals surface area contributed by atoms with E-state index in [1.54, 1.807) is 20.2 Å². The molecule has 1 aliphatic rings. The summed E-state index contributed by atoms with van der Waals surface area (Å²) in [4.78, 5) is 12.0. The van der Waals surface area contributed by atoms with E-state index in [4.69, 9.17) is 9.47 Å². The van der Waals surface area contributed by atoms with Gasteiger partial charge in [0.1, 0.15) is 6.10 Å². The second kappa shape index (κ2) is 6.82. The number of hydrogen-bond acceptors (Lipinski definition) is 5. The molecule has 2 rings (SSSR count). The van der Waals surface area contributed by atoms with Gasteiger partial charge in [0.15, 0.2) is 17.3 Å². The second-order valence-electron chi connectivity index (χ2n) is 4.39. The second-order valence-corrected chi connectivity index (χ2v) is 5.54. The number of carbonyl (C=O) groups excluding carboxylic acids is 1. The number of ether oxygens (including phenoxy) is 2. The lowest BCUT2D eigenvalue weighted by Gasteiger charge is -2.17. The molecule has 0 amide bonds. The number of benzene rings is 1. The van der Waals surface area contributed by atoms with Crippen LogP contribution >= 0.6 is 11.8 Å². The lowest BCUT2D eigenvalue weighted by atomic mass is 10.1. The van der Waals surface area contributed by atoms with Crippen LogP contribution in [0.25, 0.3) is 0 Å². The van der Waals surface area contributed by atoms with Gasteiger partial charge >= 0.3 is 0 Å². The Morgan fingerprint density at radius 3 is 3.00 bits per heavy atom. The van der Waals surface area contributed by atoms with Crippen LogP contribution in [0.5, 0.6) is 11.5 Å². The molecule has 1 atom stereocenters. The average Bonchev–Trinajstić information content (AvgIpc) is 2.91. The first kappa shape index (κ1) is 14.2. The summed E-state index contributed by atoms with van der Waals surface area (Å²) >= 11 is 1.89. The zero-order chi connectivity index (χ0) is 13.7. The van der Waals surface area contributed by atoms with E-state index < -0.39 is 0 Å². The number of Topliss-reactive ketones (excluding diaryl/α,β-unsaturated/α-hetero) is 1. The van der Waals surface area contributed by atoms with Gasteiger partial charge in [-0.3, -0.25) is 4.79 Å². The van der Waals surface area contributed by atoms with Crippen molar-refractivity contribution in [2.45, 2.75) is 12.5 Å². The summed E-state index contributed by atoms with van der Waals surface area (Å²) in [6.45, 7) is 0.291. The van der Waals surface area contributed by atoms with Crippen molar-refractivity contribution in [3.8, 4) is 11.5 Å². The van der Waals surface area contributed by atoms with Crippen LogP contribution in [0.1, 0.15) is 16.8 Å². The number of rotatable bonds is 6. The molecule has 0 saturated carbocycles. The zero-order valence-corrected chi connectivity index (χ0v) is 12.1. The molecule has 1 aromatic carbocycles. The molecule has 0 aromatic heterocycles. The van der Waals surface area contributed by atoms with Crippen LogP contribution in [0.4, 0.5) is 0 Å². The Balaban J connectivity index is 2.22. The van der Waals surface area contributed by atoms with Crippen molar-refractivity contribution in [1.29, 1.82) is 0 Å². The van der Waals surface area contributed by atoms with E-state index in [2.05, 4.69) is 5.32 Å². The molecular weight excluding hydrogens is 262 g/mol. The fraction of sp³-hybridized carbons (Fsp3) is 0.500. The molecule has 1 N–H and O–H groups in total. The lowest BCUT2D eigenvalue weighted by molar-refractivity contribution is 0.0989. The highest BCUT2D eigenvalue weighted by Gasteiger charge is 2.21. The van der Waals surface area contributed by atoms with E-state index in [1.807, 2.05) is 23.9 Å². The summed E-state index contributed by atoms with van der Waals surface area (Å²) < 4.78 is 11.3. The average molecular weight is 281 g/mol. The van der Waals surface area contributed by atoms with Gasteiger partial charge in [0.05, 0.1) is 19.2 Å². The Morgan fingerprint density at radius 1 is 1.53 bits per heavy atom. The number of ketones is 1. The highest BCUT2D eigenvalue weighted by molar-refractivity contribution is 7.99. The lowest BCUT2D eigenvalue weighted by Crippen LogP contribution is -2.20. The van der Waals surface area contributed by atoms with Crippen LogP contribution in [-0.2, 0) is 0 Å². The topological polar surface area (TPSA) is 47.6 Å². The molecule has 0 radical (unpaired) electrons. The third-order valence-electron chi connectivity index (χ3n) is 3.00. The zero-order valence-electron chi connectivity index (χ0n) is 11.3. The van der Waals surface area contributed by atoms with Crippen LogP contribution < -0.4 is 14.8 Å². The van der Waals surface area contributed by atoms with Gasteiger partial charge in [-0.2, -0.15) is 11.8 Å². The van der Waals surface area contributed by atoms with Gasteiger partial charge in [0.25, 0.3) is 0 Å². The maximum absolute atomic E-state index is 12.0. The van der Waals surface area contributed by atoms with Crippen LogP contribution in [0.3, 0.4) is 0 Å². The molecule has 0 spiro atoms. The van der Waals surface area contributed by atoms with Gasteiger partial charge in [0.2, 0.25) is 0 Å². The Bertz CT molecular complexity index is 444. The van der Waals surface area contributed by atoms with E-state index >= 15 is 0 Å². The third kappa shape index (κ3) is 3.42. The molecule has 5 heteroatoms. The third-order valence-corrected chi connectivity index (χ3v) is 4.13. The number of hydrogen-bond donors (Lipinski definition) is 1. The van der Waals surface area contributed by atoms with Crippen molar-refractivity contribution < 1.29 is 14.3 Å². The summed E-state index contributed by atoms with van der Waals surface area (Å²) in [7, 11) is 3.32. The van der Waals surface area contributed by atoms with Crippen LogP contribution in [0.15, 0.2) is 18.2 Å². The highest BCUT2D eigenvalue weighted by atomic mass is 32.2. The molecule has 4 nitrogen and oxygen atoms in total.